The molecule has 3 rings (SSSR count). The van der Waals surface area contributed by atoms with Gasteiger partial charge in [-0.3, -0.25) is 5.43 Å². The number of hydrogen-bond acceptors (Lipinski definition) is 10. The van der Waals surface area contributed by atoms with E-state index in [-0.39, 0.29) is 17.4 Å². The summed E-state index contributed by atoms with van der Waals surface area (Å²) >= 11 is 1.43. The van der Waals surface area contributed by atoms with Crippen LogP contribution in [-0.2, 0) is 0 Å². The number of hydrogen-bond donors (Lipinski definition) is 3. The van der Waals surface area contributed by atoms with Crippen LogP contribution in [0.1, 0.15) is 11.4 Å². The summed E-state index contributed by atoms with van der Waals surface area (Å²) in [6, 6.07) is 0. The van der Waals surface area contributed by atoms with Crippen molar-refractivity contribution in [1.82, 2.24) is 20.7 Å². The van der Waals surface area contributed by atoms with Crippen molar-refractivity contribution in [3.05, 3.63) is 16.8 Å². The maximum absolute atomic E-state index is 5.79. The van der Waals surface area contributed by atoms with Crippen molar-refractivity contribution in [1.29, 1.82) is 0 Å². The third-order valence-corrected chi connectivity index (χ3v) is 3.33. The molecule has 2 aliphatic heterocycles. The van der Waals surface area contributed by atoms with E-state index < -0.39 is 0 Å². The first kappa shape index (κ1) is 10.9. The largest absolute Gasteiger partial charge is 0.368 e. The molecule has 0 saturated heterocycles. The second-order valence-electron chi connectivity index (χ2n) is 3.63. The van der Waals surface area contributed by atoms with Gasteiger partial charge in [-0.1, -0.05) is 16.9 Å². The molecule has 94 valence electrons. The second-order valence-corrected chi connectivity index (χ2v) is 4.56. The number of aromatic nitrogens is 2. The zero-order valence-corrected chi connectivity index (χ0v) is 10.2. The predicted octanol–water partition coefficient (Wildman–Crippen LogP) is -0.844. The zero-order chi connectivity index (χ0) is 12.7. The number of thioether (sulfide) groups is 1. The van der Waals surface area contributed by atoms with Gasteiger partial charge in [0.1, 0.15) is 5.69 Å². The normalized spacial score (nSPS) is 22.6. The molecule has 0 saturated carbocycles. The third kappa shape index (κ3) is 1.66. The van der Waals surface area contributed by atoms with E-state index >= 15 is 0 Å². The quantitative estimate of drug-likeness (QED) is 0.599. The molecule has 0 spiro atoms. The van der Waals surface area contributed by atoms with Crippen LogP contribution in [0.15, 0.2) is 20.0 Å². The molecule has 0 bridgehead atoms. The number of aliphatic imine (C=N–C) groups is 2. The summed E-state index contributed by atoms with van der Waals surface area (Å²) in [4.78, 5) is 8.03. The Morgan fingerprint density at radius 2 is 2.28 bits per heavy atom. The second kappa shape index (κ2) is 3.91. The van der Waals surface area contributed by atoms with Gasteiger partial charge in [0.05, 0.1) is 5.70 Å². The molecule has 0 amide bonds. The maximum Gasteiger partial charge on any atom is 0.221 e. The van der Waals surface area contributed by atoms with Crippen molar-refractivity contribution in [3.8, 4) is 0 Å². The summed E-state index contributed by atoms with van der Waals surface area (Å²) in [5.74, 6) is 0.416. The molecule has 10 heteroatoms. The Bertz CT molecular complexity index is 575. The Kier molecular flexibility index (Phi) is 2.37. The Morgan fingerprint density at radius 1 is 1.44 bits per heavy atom. The minimum Gasteiger partial charge on any atom is -0.368 e. The van der Waals surface area contributed by atoms with Gasteiger partial charge in [-0.15, -0.1) is 0 Å². The molecule has 5 N–H and O–H groups in total. The van der Waals surface area contributed by atoms with Crippen LogP contribution in [0.2, 0.25) is 0 Å². The van der Waals surface area contributed by atoms with Gasteiger partial charge in [0.15, 0.2) is 11.2 Å². The molecular formula is C8H10N8OS. The van der Waals surface area contributed by atoms with Gasteiger partial charge in [0, 0.05) is 5.41 Å². The van der Waals surface area contributed by atoms with Gasteiger partial charge in [-0.05, 0) is 12.1 Å². The van der Waals surface area contributed by atoms with Crippen LogP contribution in [-0.4, -0.2) is 32.7 Å². The number of hydrazine groups is 1. The average Bonchev–Trinajstić information content (AvgIpc) is 2.75. The van der Waals surface area contributed by atoms with Crippen molar-refractivity contribution in [2.45, 2.75) is 12.4 Å². The van der Waals surface area contributed by atoms with Crippen molar-refractivity contribution in [2.75, 3.05) is 0 Å². The lowest BCUT2D eigenvalue weighted by Gasteiger charge is -2.35. The molecule has 0 fully saturated rings. The number of nitrogens with zero attached hydrogens (tertiary/aromatic N) is 5. The van der Waals surface area contributed by atoms with Crippen LogP contribution in [0.3, 0.4) is 0 Å². The van der Waals surface area contributed by atoms with Crippen molar-refractivity contribution < 1.29 is 4.63 Å². The molecule has 1 aromatic rings. The number of nitrogens with one attached hydrogen (secondary N) is 1. The topological polar surface area (TPSA) is 131 Å². The third-order valence-electron chi connectivity index (χ3n) is 2.40. The van der Waals surface area contributed by atoms with E-state index in [2.05, 4.69) is 30.4 Å². The molecule has 9 nitrogen and oxygen atoms in total. The number of nitrogens with two attached hydrogens (primary N) is 2. The van der Waals surface area contributed by atoms with E-state index in [9.17, 15) is 0 Å². The molecule has 2 aliphatic rings. The van der Waals surface area contributed by atoms with E-state index in [0.717, 1.165) is 5.70 Å². The van der Waals surface area contributed by atoms with Gasteiger partial charge in [0.25, 0.3) is 0 Å². The summed E-state index contributed by atoms with van der Waals surface area (Å²) in [7, 11) is 0. The average molecular weight is 266 g/mol. The van der Waals surface area contributed by atoms with Crippen molar-refractivity contribution in [2.24, 2.45) is 21.5 Å². The lowest BCUT2D eigenvalue weighted by molar-refractivity contribution is 0.301. The first-order valence-corrected chi connectivity index (χ1v) is 5.98. The van der Waals surface area contributed by atoms with Crippen LogP contribution < -0.4 is 16.9 Å². The summed E-state index contributed by atoms with van der Waals surface area (Å²) in [5.41, 5.74) is 16.1. The molecule has 0 unspecified atom stereocenters. The van der Waals surface area contributed by atoms with Crippen molar-refractivity contribution in [3.63, 3.8) is 0 Å². The standard InChI is InChI=1S/C8H10N8OS/c1-3-5(15-17-14-3)4-2-18-8-12-6(9)11-7(10)16(8)13-4/h2,8,13H,1H3,(H4,9,10,11,12)/t8-/m1/s1. The fourth-order valence-corrected chi connectivity index (χ4v) is 2.43. The highest BCUT2D eigenvalue weighted by molar-refractivity contribution is 8.02. The summed E-state index contributed by atoms with van der Waals surface area (Å²) < 4.78 is 4.66. The van der Waals surface area contributed by atoms with Crippen LogP contribution in [0, 0.1) is 6.92 Å². The van der Waals surface area contributed by atoms with Gasteiger partial charge < -0.3 is 11.5 Å². The van der Waals surface area contributed by atoms with Gasteiger partial charge in [0.2, 0.25) is 11.9 Å². The molecule has 1 atom stereocenters. The van der Waals surface area contributed by atoms with E-state index in [1.54, 1.807) is 11.9 Å². The molecule has 18 heavy (non-hydrogen) atoms. The minimum atomic E-state index is -0.272. The molecule has 1 aromatic heterocycles. The smallest absolute Gasteiger partial charge is 0.221 e. The Morgan fingerprint density at radius 3 is 3.00 bits per heavy atom. The van der Waals surface area contributed by atoms with Gasteiger partial charge in [-0.2, -0.15) is 4.99 Å². The molecule has 0 aliphatic carbocycles. The van der Waals surface area contributed by atoms with Gasteiger partial charge >= 0.3 is 0 Å². The molecule has 0 radical (unpaired) electrons. The number of aryl methyl sites for hydroxylation is 1. The fourth-order valence-electron chi connectivity index (χ4n) is 1.56. The number of fused-ring (bicyclic) bond motifs is 1. The monoisotopic (exact) mass is 266 g/mol. The Balaban J connectivity index is 1.92. The van der Waals surface area contributed by atoms with Crippen LogP contribution >= 0.6 is 11.8 Å². The van der Waals surface area contributed by atoms with E-state index in [1.165, 1.54) is 11.8 Å². The molecular weight excluding hydrogens is 256 g/mol. The number of guanidine groups is 2. The highest BCUT2D eigenvalue weighted by atomic mass is 32.2. The summed E-state index contributed by atoms with van der Waals surface area (Å²) in [6.45, 7) is 1.80. The first-order valence-electron chi connectivity index (χ1n) is 5.03. The molecule has 0 aromatic carbocycles. The maximum atomic E-state index is 5.79. The SMILES string of the molecule is Cc1nonc1C1=CS[C@@H]2N=C(N)N=C(N)N2N1. The van der Waals surface area contributed by atoms with E-state index in [4.69, 9.17) is 11.5 Å². The lowest BCUT2D eigenvalue weighted by Crippen LogP contribution is -2.54. The van der Waals surface area contributed by atoms with Crippen LogP contribution in [0.4, 0.5) is 0 Å². The highest BCUT2D eigenvalue weighted by Gasteiger charge is 2.30. The Labute approximate surface area is 106 Å². The first-order chi connectivity index (χ1) is 8.65. The van der Waals surface area contributed by atoms with Crippen LogP contribution in [0.5, 0.6) is 0 Å². The molecule has 3 heterocycles. The van der Waals surface area contributed by atoms with Gasteiger partial charge in [-0.25, -0.2) is 14.6 Å². The summed E-state index contributed by atoms with van der Waals surface area (Å²) in [6.07, 6.45) is 0. The van der Waals surface area contributed by atoms with E-state index in [1.807, 2.05) is 5.41 Å². The minimum absolute atomic E-state index is 0.166. The van der Waals surface area contributed by atoms with Crippen LogP contribution in [0.25, 0.3) is 5.70 Å². The Hall–Kier alpha value is -2.23. The predicted molar refractivity (Wildman–Crippen MR) is 66.6 cm³/mol. The number of rotatable bonds is 1. The fraction of sp³-hybridized carbons (Fsp3) is 0.250. The lowest BCUT2D eigenvalue weighted by atomic mass is 10.3. The highest BCUT2D eigenvalue weighted by Crippen LogP contribution is 2.29. The van der Waals surface area contributed by atoms with E-state index in [0.29, 0.717) is 11.4 Å². The zero-order valence-electron chi connectivity index (χ0n) is 9.36. The van der Waals surface area contributed by atoms with Crippen molar-refractivity contribution >= 4 is 29.4 Å². The summed E-state index contributed by atoms with van der Waals surface area (Å²) in [5, 5.41) is 11.0.